The molecule has 1 aliphatic rings. The Morgan fingerprint density at radius 3 is 2.41 bits per heavy atom. The highest BCUT2D eigenvalue weighted by atomic mass is 32.2. The van der Waals surface area contributed by atoms with E-state index in [1.807, 2.05) is 19.1 Å². The number of hydrogen-bond acceptors (Lipinski definition) is 6. The topological polar surface area (TPSA) is 97.3 Å². The van der Waals surface area contributed by atoms with Crippen LogP contribution in [0.4, 0.5) is 0 Å². The average molecular weight is 417 g/mol. The molecule has 0 saturated heterocycles. The van der Waals surface area contributed by atoms with Crippen LogP contribution in [-0.4, -0.2) is 58.4 Å². The average Bonchev–Trinajstić information content (AvgIpc) is 2.98. The molecule has 1 amide bonds. The summed E-state index contributed by atoms with van der Waals surface area (Å²) in [7, 11) is -2.08. The summed E-state index contributed by atoms with van der Waals surface area (Å²) in [5.41, 5.74) is 0.502. The number of sulfonamides is 1. The molecule has 2 aromatic rings. The molecular formula is C20H23N3O5S. The minimum absolute atomic E-state index is 0.0221. The summed E-state index contributed by atoms with van der Waals surface area (Å²) >= 11 is 0. The number of fused-ring (bicyclic) bond motifs is 1. The van der Waals surface area contributed by atoms with E-state index in [0.29, 0.717) is 31.1 Å². The zero-order valence-corrected chi connectivity index (χ0v) is 17.1. The van der Waals surface area contributed by atoms with E-state index >= 15 is 0 Å². The second-order valence-electron chi connectivity index (χ2n) is 6.35. The number of nitrogens with one attached hydrogen (secondary N) is 1. The highest BCUT2D eigenvalue weighted by molar-refractivity contribution is 7.90. The van der Waals surface area contributed by atoms with Crippen molar-refractivity contribution in [2.45, 2.75) is 11.8 Å². The number of carbonyl (C=O) groups is 1. The van der Waals surface area contributed by atoms with Crippen LogP contribution >= 0.6 is 0 Å². The van der Waals surface area contributed by atoms with Crippen molar-refractivity contribution >= 4 is 21.8 Å². The maximum Gasteiger partial charge on any atom is 0.285 e. The van der Waals surface area contributed by atoms with Gasteiger partial charge in [-0.25, -0.2) is 0 Å². The van der Waals surface area contributed by atoms with Gasteiger partial charge in [-0.15, -0.1) is 4.40 Å². The smallest absolute Gasteiger partial charge is 0.285 e. The largest absolute Gasteiger partial charge is 0.494 e. The summed E-state index contributed by atoms with van der Waals surface area (Å²) in [5.74, 6) is 1.46. The zero-order valence-electron chi connectivity index (χ0n) is 16.3. The first-order valence-corrected chi connectivity index (χ1v) is 10.6. The van der Waals surface area contributed by atoms with E-state index < -0.39 is 10.0 Å². The van der Waals surface area contributed by atoms with E-state index in [9.17, 15) is 13.2 Å². The molecule has 0 fully saturated rings. The van der Waals surface area contributed by atoms with Crippen LogP contribution in [0, 0.1) is 0 Å². The van der Waals surface area contributed by atoms with E-state index in [-0.39, 0.29) is 23.2 Å². The van der Waals surface area contributed by atoms with Crippen molar-refractivity contribution in [1.29, 1.82) is 0 Å². The second-order valence-corrected chi connectivity index (χ2v) is 7.92. The minimum atomic E-state index is -3.71. The first-order valence-electron chi connectivity index (χ1n) is 9.18. The highest BCUT2D eigenvalue weighted by Gasteiger charge is 2.30. The van der Waals surface area contributed by atoms with Gasteiger partial charge in [-0.2, -0.15) is 8.42 Å². The molecule has 1 aliphatic heterocycles. The van der Waals surface area contributed by atoms with Crippen molar-refractivity contribution in [3.05, 3.63) is 54.1 Å². The Morgan fingerprint density at radius 1 is 1.07 bits per heavy atom. The van der Waals surface area contributed by atoms with Gasteiger partial charge in [-0.3, -0.25) is 4.79 Å². The van der Waals surface area contributed by atoms with Crippen LogP contribution in [0.3, 0.4) is 0 Å². The molecule has 0 aliphatic carbocycles. The SMILES string of the molecule is CCOc1ccc(OCCNC(=O)CN(C)C2=NS(=O)(=O)c3ccccc32)cc1. The molecule has 0 saturated carbocycles. The molecule has 154 valence electrons. The zero-order chi connectivity index (χ0) is 20.9. The van der Waals surface area contributed by atoms with Gasteiger partial charge in [0, 0.05) is 12.6 Å². The third-order valence-electron chi connectivity index (χ3n) is 4.18. The Kier molecular flexibility index (Phi) is 6.38. The summed E-state index contributed by atoms with van der Waals surface area (Å²) in [6.45, 7) is 3.13. The fourth-order valence-electron chi connectivity index (χ4n) is 2.87. The first kappa shape index (κ1) is 20.7. The van der Waals surface area contributed by atoms with Gasteiger partial charge in [0.2, 0.25) is 5.91 Å². The van der Waals surface area contributed by atoms with Gasteiger partial charge in [0.15, 0.2) is 5.84 Å². The predicted octanol–water partition coefficient (Wildman–Crippen LogP) is 1.66. The van der Waals surface area contributed by atoms with Gasteiger partial charge in [0.25, 0.3) is 10.0 Å². The maximum atomic E-state index is 12.2. The highest BCUT2D eigenvalue weighted by Crippen LogP contribution is 2.26. The van der Waals surface area contributed by atoms with Crippen LogP contribution in [0.25, 0.3) is 0 Å². The predicted molar refractivity (Wildman–Crippen MR) is 109 cm³/mol. The summed E-state index contributed by atoms with van der Waals surface area (Å²) < 4.78 is 39.0. The van der Waals surface area contributed by atoms with Gasteiger partial charge in [-0.1, -0.05) is 12.1 Å². The third-order valence-corrected chi connectivity index (χ3v) is 5.51. The lowest BCUT2D eigenvalue weighted by atomic mass is 10.2. The number of rotatable bonds is 8. The van der Waals surface area contributed by atoms with Crippen LogP contribution in [0.1, 0.15) is 12.5 Å². The Hall–Kier alpha value is -3.07. The minimum Gasteiger partial charge on any atom is -0.494 e. The fourth-order valence-corrected chi connectivity index (χ4v) is 4.12. The molecule has 0 radical (unpaired) electrons. The van der Waals surface area contributed by atoms with Crippen molar-refractivity contribution in [3.63, 3.8) is 0 Å². The van der Waals surface area contributed by atoms with Crippen molar-refractivity contribution in [2.75, 3.05) is 33.4 Å². The Balaban J connectivity index is 1.46. The quantitative estimate of drug-likeness (QED) is 0.656. The van der Waals surface area contributed by atoms with Crippen molar-refractivity contribution in [2.24, 2.45) is 4.40 Å². The van der Waals surface area contributed by atoms with Crippen molar-refractivity contribution in [3.8, 4) is 11.5 Å². The van der Waals surface area contributed by atoms with Crippen molar-refractivity contribution in [1.82, 2.24) is 10.2 Å². The van der Waals surface area contributed by atoms with Gasteiger partial charge in [0.1, 0.15) is 23.0 Å². The van der Waals surface area contributed by atoms with Crippen LogP contribution in [-0.2, 0) is 14.8 Å². The third kappa shape index (κ3) is 5.05. The monoisotopic (exact) mass is 417 g/mol. The molecule has 0 spiro atoms. The van der Waals surface area contributed by atoms with E-state index in [4.69, 9.17) is 9.47 Å². The normalized spacial score (nSPS) is 13.9. The van der Waals surface area contributed by atoms with Gasteiger partial charge in [-0.05, 0) is 43.3 Å². The molecule has 3 rings (SSSR count). The summed E-state index contributed by atoms with van der Waals surface area (Å²) in [4.78, 5) is 13.9. The fraction of sp³-hybridized carbons (Fsp3) is 0.300. The molecule has 1 heterocycles. The number of likely N-dealkylation sites (N-methyl/N-ethyl adjacent to an activating group) is 1. The lowest BCUT2D eigenvalue weighted by molar-refractivity contribution is -0.121. The molecule has 1 N–H and O–H groups in total. The maximum absolute atomic E-state index is 12.2. The molecule has 0 unspecified atom stereocenters. The van der Waals surface area contributed by atoms with Crippen LogP contribution in [0.2, 0.25) is 0 Å². The number of carbonyl (C=O) groups excluding carboxylic acids is 1. The first-order chi connectivity index (χ1) is 13.9. The van der Waals surface area contributed by atoms with Crippen LogP contribution < -0.4 is 14.8 Å². The lowest BCUT2D eigenvalue weighted by Crippen LogP contribution is -2.39. The summed E-state index contributed by atoms with van der Waals surface area (Å²) in [5, 5.41) is 2.75. The van der Waals surface area contributed by atoms with E-state index in [1.165, 1.54) is 11.0 Å². The van der Waals surface area contributed by atoms with Gasteiger partial charge in [0.05, 0.1) is 19.7 Å². The molecular weight excluding hydrogens is 394 g/mol. The molecule has 8 nitrogen and oxygen atoms in total. The lowest BCUT2D eigenvalue weighted by Gasteiger charge is -2.18. The molecule has 2 aromatic carbocycles. The molecule has 0 aromatic heterocycles. The second kappa shape index (κ2) is 8.95. The molecule has 0 bridgehead atoms. The number of nitrogens with zero attached hydrogens (tertiary/aromatic N) is 2. The van der Waals surface area contributed by atoms with E-state index in [0.717, 1.165) is 5.75 Å². The number of hydrogen-bond donors (Lipinski definition) is 1. The standard InChI is InChI=1S/C20H23N3O5S/c1-3-27-15-8-10-16(11-9-15)28-13-12-21-19(24)14-23(2)20-17-6-4-5-7-18(17)29(25,26)22-20/h4-11H,3,12-14H2,1-2H3,(H,21,24). The van der Waals surface area contributed by atoms with Crippen LogP contribution in [0.5, 0.6) is 11.5 Å². The van der Waals surface area contributed by atoms with Crippen molar-refractivity contribution < 1.29 is 22.7 Å². The Bertz CT molecular complexity index is 1000. The molecule has 9 heteroatoms. The van der Waals surface area contributed by atoms with Crippen LogP contribution in [0.15, 0.2) is 57.8 Å². The molecule has 0 atom stereocenters. The number of amides is 1. The van der Waals surface area contributed by atoms with E-state index in [2.05, 4.69) is 9.71 Å². The Morgan fingerprint density at radius 2 is 1.72 bits per heavy atom. The van der Waals surface area contributed by atoms with E-state index in [1.54, 1.807) is 37.4 Å². The van der Waals surface area contributed by atoms with Gasteiger partial charge < -0.3 is 19.7 Å². The van der Waals surface area contributed by atoms with Gasteiger partial charge >= 0.3 is 0 Å². The Labute approximate surface area is 170 Å². The number of benzene rings is 2. The number of amidine groups is 1. The summed E-state index contributed by atoms with van der Waals surface area (Å²) in [6.07, 6.45) is 0. The summed E-state index contributed by atoms with van der Waals surface area (Å²) in [6, 6.07) is 13.8. The molecule has 29 heavy (non-hydrogen) atoms. The number of ether oxygens (including phenoxy) is 2.